The summed E-state index contributed by atoms with van der Waals surface area (Å²) >= 11 is 0. The van der Waals surface area contributed by atoms with Crippen molar-refractivity contribution in [1.29, 1.82) is 5.26 Å². The number of H-pyrrole nitrogens is 1. The second-order valence-corrected chi connectivity index (χ2v) is 9.22. The molecule has 0 saturated heterocycles. The number of aryl methyl sites for hydroxylation is 3. The number of aliphatic carboxylic acids is 1. The third-order valence-electron chi connectivity index (χ3n) is 6.38. The summed E-state index contributed by atoms with van der Waals surface area (Å²) in [5.41, 5.74) is 8.39. The van der Waals surface area contributed by atoms with E-state index in [1.165, 1.54) is 0 Å². The number of aromatic amines is 1. The fraction of sp³-hybridized carbons (Fsp3) is 0.233. The summed E-state index contributed by atoms with van der Waals surface area (Å²) in [5, 5.41) is 25.7. The second kappa shape index (κ2) is 11.4. The second-order valence-electron chi connectivity index (χ2n) is 9.22. The number of hydrogen-bond donors (Lipinski definition) is 4. The van der Waals surface area contributed by atoms with Crippen LogP contribution in [0.1, 0.15) is 40.3 Å². The smallest absolute Gasteiger partial charge is 0.326 e. The standard InChI is InChI=1S/C30H31N5O2/c1-4-24-13-22(16-31)12-20(3)29(24)35-27(30(36)37)14-21-5-7-25(8-6-21)26-15-23(17-33-26)18-34-28-11-19(2)9-10-32-28/h5-13,15,17,27,33,35H,4,14,18H2,1-3H3,(H,32,34)(H,36,37). The van der Waals surface area contributed by atoms with Gasteiger partial charge in [-0.2, -0.15) is 5.26 Å². The van der Waals surface area contributed by atoms with Crippen molar-refractivity contribution in [1.82, 2.24) is 9.97 Å². The topological polar surface area (TPSA) is 114 Å². The van der Waals surface area contributed by atoms with Gasteiger partial charge in [0.2, 0.25) is 0 Å². The Kier molecular flexibility index (Phi) is 7.89. The van der Waals surface area contributed by atoms with E-state index in [9.17, 15) is 15.2 Å². The Morgan fingerprint density at radius 1 is 1.11 bits per heavy atom. The Morgan fingerprint density at radius 3 is 2.57 bits per heavy atom. The summed E-state index contributed by atoms with van der Waals surface area (Å²) < 4.78 is 0. The lowest BCUT2D eigenvalue weighted by molar-refractivity contribution is -0.137. The van der Waals surface area contributed by atoms with E-state index >= 15 is 0 Å². The third-order valence-corrected chi connectivity index (χ3v) is 6.38. The number of aromatic nitrogens is 2. The number of anilines is 2. The quantitative estimate of drug-likeness (QED) is 0.220. The normalized spacial score (nSPS) is 11.5. The molecule has 0 radical (unpaired) electrons. The Balaban J connectivity index is 1.43. The van der Waals surface area contributed by atoms with Crippen LogP contribution < -0.4 is 10.6 Å². The van der Waals surface area contributed by atoms with Crippen LogP contribution in [-0.2, 0) is 24.2 Å². The highest BCUT2D eigenvalue weighted by atomic mass is 16.4. The van der Waals surface area contributed by atoms with Gasteiger partial charge in [-0.3, -0.25) is 0 Å². The van der Waals surface area contributed by atoms with E-state index in [0.29, 0.717) is 24.9 Å². The Morgan fingerprint density at radius 2 is 1.89 bits per heavy atom. The van der Waals surface area contributed by atoms with Crippen molar-refractivity contribution in [3.05, 3.63) is 100 Å². The lowest BCUT2D eigenvalue weighted by atomic mass is 9.99. The number of pyridine rings is 1. The first-order valence-electron chi connectivity index (χ1n) is 12.3. The van der Waals surface area contributed by atoms with E-state index in [2.05, 4.69) is 32.7 Å². The van der Waals surface area contributed by atoms with Crippen LogP contribution in [0.4, 0.5) is 11.5 Å². The van der Waals surface area contributed by atoms with Crippen LogP contribution in [0, 0.1) is 25.2 Å². The molecule has 7 heteroatoms. The highest BCUT2D eigenvalue weighted by Crippen LogP contribution is 2.26. The van der Waals surface area contributed by atoms with E-state index in [1.807, 2.05) is 69.4 Å². The van der Waals surface area contributed by atoms with Crippen LogP contribution in [0.3, 0.4) is 0 Å². The zero-order valence-electron chi connectivity index (χ0n) is 21.3. The van der Waals surface area contributed by atoms with Crippen LogP contribution >= 0.6 is 0 Å². The predicted octanol–water partition coefficient (Wildman–Crippen LogP) is 5.85. The molecule has 0 bridgehead atoms. The van der Waals surface area contributed by atoms with Crippen LogP contribution in [-0.4, -0.2) is 27.1 Å². The molecular formula is C30H31N5O2. The van der Waals surface area contributed by atoms with Crippen LogP contribution in [0.5, 0.6) is 0 Å². The van der Waals surface area contributed by atoms with Crippen molar-refractivity contribution in [2.45, 2.75) is 46.2 Å². The molecule has 2 aromatic carbocycles. The molecule has 37 heavy (non-hydrogen) atoms. The summed E-state index contributed by atoms with van der Waals surface area (Å²) in [6.45, 7) is 6.59. The largest absolute Gasteiger partial charge is 0.480 e. The molecule has 2 heterocycles. The predicted molar refractivity (Wildman–Crippen MR) is 147 cm³/mol. The maximum Gasteiger partial charge on any atom is 0.326 e. The van der Waals surface area contributed by atoms with Crippen molar-refractivity contribution in [3.8, 4) is 17.3 Å². The number of carbonyl (C=O) groups is 1. The van der Waals surface area contributed by atoms with Gasteiger partial charge < -0.3 is 20.7 Å². The highest BCUT2D eigenvalue weighted by Gasteiger charge is 2.20. The minimum atomic E-state index is -0.917. The van der Waals surface area contributed by atoms with E-state index in [4.69, 9.17) is 0 Å². The van der Waals surface area contributed by atoms with Gasteiger partial charge in [0.05, 0.1) is 11.6 Å². The number of nitrogens with one attached hydrogen (secondary N) is 3. The molecule has 0 spiro atoms. The minimum absolute atomic E-state index is 0.335. The summed E-state index contributed by atoms with van der Waals surface area (Å²) in [5.74, 6) is -0.0737. The SMILES string of the molecule is CCc1cc(C#N)cc(C)c1NC(Cc1ccc(-c2cc(CNc3cc(C)ccn3)c[nH]2)cc1)C(=O)O. The summed E-state index contributed by atoms with van der Waals surface area (Å²) in [7, 11) is 0. The maximum atomic E-state index is 12.1. The van der Waals surface area contributed by atoms with E-state index in [0.717, 1.165) is 50.6 Å². The first-order chi connectivity index (χ1) is 17.9. The molecule has 0 aliphatic heterocycles. The molecule has 0 aliphatic rings. The minimum Gasteiger partial charge on any atom is -0.480 e. The van der Waals surface area contributed by atoms with Crippen molar-refractivity contribution in [2.75, 3.05) is 10.6 Å². The molecule has 0 amide bonds. The van der Waals surface area contributed by atoms with Gasteiger partial charge in [0.1, 0.15) is 11.9 Å². The number of rotatable bonds is 10. The molecule has 2 aromatic heterocycles. The lowest BCUT2D eigenvalue weighted by Gasteiger charge is -2.20. The summed E-state index contributed by atoms with van der Waals surface area (Å²) in [4.78, 5) is 19.7. The number of nitriles is 1. The Labute approximate surface area is 217 Å². The third kappa shape index (κ3) is 6.36. The molecule has 7 nitrogen and oxygen atoms in total. The van der Waals surface area contributed by atoms with E-state index in [1.54, 1.807) is 12.3 Å². The Hall–Kier alpha value is -4.57. The Bertz CT molecular complexity index is 1430. The van der Waals surface area contributed by atoms with Gasteiger partial charge in [-0.05, 0) is 84.0 Å². The zero-order chi connectivity index (χ0) is 26.4. The zero-order valence-corrected chi connectivity index (χ0v) is 21.3. The lowest BCUT2D eigenvalue weighted by Crippen LogP contribution is -2.32. The number of carboxylic acid groups (broad SMARTS) is 1. The van der Waals surface area contributed by atoms with Gasteiger partial charge in [-0.15, -0.1) is 0 Å². The van der Waals surface area contributed by atoms with Gasteiger partial charge in [0, 0.05) is 36.7 Å². The number of carboxylic acids is 1. The van der Waals surface area contributed by atoms with Crippen molar-refractivity contribution in [3.63, 3.8) is 0 Å². The molecule has 0 fully saturated rings. The average Bonchev–Trinajstić information content (AvgIpc) is 3.37. The summed E-state index contributed by atoms with van der Waals surface area (Å²) in [6, 6.07) is 19.0. The van der Waals surface area contributed by atoms with Gasteiger partial charge >= 0.3 is 5.97 Å². The maximum absolute atomic E-state index is 12.1. The fourth-order valence-electron chi connectivity index (χ4n) is 4.37. The van der Waals surface area contributed by atoms with Gasteiger partial charge in [0.25, 0.3) is 0 Å². The van der Waals surface area contributed by atoms with Crippen LogP contribution in [0.25, 0.3) is 11.3 Å². The first kappa shape index (κ1) is 25.5. The molecule has 4 N–H and O–H groups in total. The fourth-order valence-corrected chi connectivity index (χ4v) is 4.37. The van der Waals surface area contributed by atoms with Crippen molar-refractivity contribution in [2.24, 2.45) is 0 Å². The molecule has 0 saturated carbocycles. The molecule has 188 valence electrons. The van der Waals surface area contributed by atoms with Crippen molar-refractivity contribution < 1.29 is 9.90 Å². The molecular weight excluding hydrogens is 462 g/mol. The number of nitrogens with zero attached hydrogens (tertiary/aromatic N) is 2. The van der Waals surface area contributed by atoms with Crippen LogP contribution in [0.15, 0.2) is 67.0 Å². The van der Waals surface area contributed by atoms with Crippen LogP contribution in [0.2, 0.25) is 0 Å². The van der Waals surface area contributed by atoms with Gasteiger partial charge in [-0.1, -0.05) is 31.2 Å². The van der Waals surface area contributed by atoms with E-state index < -0.39 is 12.0 Å². The molecule has 1 atom stereocenters. The molecule has 0 aliphatic carbocycles. The average molecular weight is 494 g/mol. The summed E-state index contributed by atoms with van der Waals surface area (Å²) in [6.07, 6.45) is 4.80. The van der Waals surface area contributed by atoms with E-state index in [-0.39, 0.29) is 0 Å². The highest BCUT2D eigenvalue weighted by molar-refractivity contribution is 5.79. The number of benzene rings is 2. The molecule has 4 aromatic rings. The van der Waals surface area contributed by atoms with Crippen molar-refractivity contribution >= 4 is 17.5 Å². The molecule has 1 unspecified atom stereocenters. The first-order valence-corrected chi connectivity index (χ1v) is 12.3. The van der Waals surface area contributed by atoms with Gasteiger partial charge in [-0.25, -0.2) is 9.78 Å². The molecule has 4 rings (SSSR count). The monoisotopic (exact) mass is 493 g/mol. The van der Waals surface area contributed by atoms with Gasteiger partial charge in [0.15, 0.2) is 0 Å². The number of hydrogen-bond acceptors (Lipinski definition) is 5.